The fourth-order valence-corrected chi connectivity index (χ4v) is 3.09. The molecule has 0 saturated heterocycles. The molecule has 2 aromatic heterocycles. The van der Waals surface area contributed by atoms with Gasteiger partial charge in [-0.15, -0.1) is 0 Å². The molecule has 0 amide bonds. The third kappa shape index (κ3) is 2.90. The van der Waals surface area contributed by atoms with Gasteiger partial charge in [-0.2, -0.15) is 5.10 Å². The normalized spacial score (nSPS) is 11.4. The summed E-state index contributed by atoms with van der Waals surface area (Å²) in [6.45, 7) is 0. The largest absolute Gasteiger partial charge is 0.276 e. The van der Waals surface area contributed by atoms with E-state index in [-0.39, 0.29) is 11.5 Å². The van der Waals surface area contributed by atoms with Crippen LogP contribution >= 0.6 is 0 Å². The highest BCUT2D eigenvalue weighted by Crippen LogP contribution is 2.23. The molecule has 0 aliphatic rings. The third-order valence-corrected chi connectivity index (χ3v) is 4.34. The average molecular weight is 336 g/mol. The molecule has 0 saturated carbocycles. The highest BCUT2D eigenvalue weighted by molar-refractivity contribution is 7.92. The van der Waals surface area contributed by atoms with E-state index in [0.717, 1.165) is 18.2 Å². The molecule has 0 bridgehead atoms. The molecule has 0 aliphatic heterocycles. The van der Waals surface area contributed by atoms with Crippen molar-refractivity contribution < 1.29 is 17.2 Å². The maximum absolute atomic E-state index is 13.7. The van der Waals surface area contributed by atoms with E-state index >= 15 is 0 Å². The maximum atomic E-state index is 13.7. The Balaban J connectivity index is 2.04. The number of hydrogen-bond acceptors (Lipinski definition) is 4. The molecule has 0 radical (unpaired) electrons. The first-order chi connectivity index (χ1) is 11.0. The van der Waals surface area contributed by atoms with Crippen LogP contribution in [-0.2, 0) is 10.0 Å². The molecule has 0 fully saturated rings. The van der Waals surface area contributed by atoms with Gasteiger partial charge in [0, 0.05) is 18.6 Å². The molecule has 2 heterocycles. The monoisotopic (exact) mass is 336 g/mol. The van der Waals surface area contributed by atoms with Crippen LogP contribution in [0.4, 0.5) is 14.5 Å². The van der Waals surface area contributed by atoms with Crippen LogP contribution in [0, 0.1) is 11.6 Å². The molecule has 1 aromatic carbocycles. The van der Waals surface area contributed by atoms with Crippen LogP contribution in [0.15, 0.2) is 59.9 Å². The van der Waals surface area contributed by atoms with Crippen molar-refractivity contribution in [2.45, 2.75) is 4.90 Å². The molecule has 0 atom stereocenters. The molecule has 1 N–H and O–H groups in total. The fourth-order valence-electron chi connectivity index (χ4n) is 1.94. The van der Waals surface area contributed by atoms with Gasteiger partial charge < -0.3 is 0 Å². The van der Waals surface area contributed by atoms with Crippen molar-refractivity contribution in [3.63, 3.8) is 0 Å². The number of anilines is 1. The minimum absolute atomic E-state index is 0.0832. The lowest BCUT2D eigenvalue weighted by molar-refractivity contribution is 0.485. The van der Waals surface area contributed by atoms with Crippen molar-refractivity contribution in [3.05, 3.63) is 66.6 Å². The van der Waals surface area contributed by atoms with E-state index in [1.54, 1.807) is 12.3 Å². The second-order valence-electron chi connectivity index (χ2n) is 4.48. The summed E-state index contributed by atoms with van der Waals surface area (Å²) in [5, 5.41) is 3.97. The van der Waals surface area contributed by atoms with Crippen LogP contribution in [0.2, 0.25) is 0 Å². The smallest absolute Gasteiger partial charge is 0.265 e. The van der Waals surface area contributed by atoms with Crippen LogP contribution in [-0.4, -0.2) is 23.2 Å². The Kier molecular flexibility index (Phi) is 3.78. The summed E-state index contributed by atoms with van der Waals surface area (Å²) in [5.41, 5.74) is 0.0832. The maximum Gasteiger partial charge on any atom is 0.265 e. The summed E-state index contributed by atoms with van der Waals surface area (Å²) in [7, 11) is -4.33. The zero-order valence-electron chi connectivity index (χ0n) is 11.5. The predicted octanol–water partition coefficient (Wildman–Crippen LogP) is 2.35. The van der Waals surface area contributed by atoms with Crippen LogP contribution in [0.25, 0.3) is 5.82 Å². The third-order valence-electron chi connectivity index (χ3n) is 2.96. The van der Waals surface area contributed by atoms with E-state index in [1.807, 2.05) is 0 Å². The van der Waals surface area contributed by atoms with E-state index in [2.05, 4.69) is 14.8 Å². The summed E-state index contributed by atoms with van der Waals surface area (Å²) in [5.74, 6) is -2.48. The van der Waals surface area contributed by atoms with Crippen LogP contribution < -0.4 is 4.72 Å². The first kappa shape index (κ1) is 15.1. The minimum Gasteiger partial charge on any atom is -0.276 e. The molecule has 3 rings (SSSR count). The first-order valence-electron chi connectivity index (χ1n) is 6.41. The zero-order chi connectivity index (χ0) is 16.4. The topological polar surface area (TPSA) is 76.9 Å². The lowest BCUT2D eigenvalue weighted by Crippen LogP contribution is -2.17. The summed E-state index contributed by atoms with van der Waals surface area (Å²) in [6, 6.07) is 7.52. The van der Waals surface area contributed by atoms with Crippen LogP contribution in [0.1, 0.15) is 0 Å². The second kappa shape index (κ2) is 5.76. The van der Waals surface area contributed by atoms with E-state index in [4.69, 9.17) is 0 Å². The quantitative estimate of drug-likeness (QED) is 0.793. The number of nitrogens with one attached hydrogen (secondary N) is 1. The number of halogens is 2. The lowest BCUT2D eigenvalue weighted by atomic mass is 10.3. The number of benzene rings is 1. The SMILES string of the molecule is O=S(=O)(Nc1cccnc1-n1cccn1)c1cccc(F)c1F. The van der Waals surface area contributed by atoms with E-state index in [0.29, 0.717) is 0 Å². The van der Waals surface area contributed by atoms with Gasteiger partial charge in [-0.1, -0.05) is 6.07 Å². The number of nitrogens with zero attached hydrogens (tertiary/aromatic N) is 3. The Hall–Kier alpha value is -2.81. The molecular formula is C14H10F2N4O2S. The lowest BCUT2D eigenvalue weighted by Gasteiger charge is -2.12. The summed E-state index contributed by atoms with van der Waals surface area (Å²) >= 11 is 0. The predicted molar refractivity (Wildman–Crippen MR) is 78.5 cm³/mol. The van der Waals surface area contributed by atoms with Crippen LogP contribution in [0.5, 0.6) is 0 Å². The molecule has 0 aliphatic carbocycles. The first-order valence-corrected chi connectivity index (χ1v) is 7.89. The van der Waals surface area contributed by atoms with Gasteiger partial charge in [0.25, 0.3) is 10.0 Å². The standard InChI is InChI=1S/C14H10F2N4O2S/c15-10-4-1-6-12(13(10)16)23(21,22)19-11-5-2-7-17-14(11)20-9-3-8-18-20/h1-9,19H. The number of sulfonamides is 1. The van der Waals surface area contributed by atoms with Gasteiger partial charge in [0.2, 0.25) is 0 Å². The van der Waals surface area contributed by atoms with Gasteiger partial charge in [-0.3, -0.25) is 4.72 Å². The number of aromatic nitrogens is 3. The highest BCUT2D eigenvalue weighted by Gasteiger charge is 2.23. The second-order valence-corrected chi connectivity index (χ2v) is 6.13. The van der Waals surface area contributed by atoms with Crippen molar-refractivity contribution in [1.29, 1.82) is 0 Å². The molecule has 118 valence electrons. The van der Waals surface area contributed by atoms with Gasteiger partial charge in [0.05, 0.1) is 5.69 Å². The molecule has 0 spiro atoms. The molecule has 0 unspecified atom stereocenters. The van der Waals surface area contributed by atoms with E-state index < -0.39 is 26.6 Å². The van der Waals surface area contributed by atoms with E-state index in [9.17, 15) is 17.2 Å². The molecule has 6 nitrogen and oxygen atoms in total. The summed E-state index contributed by atoms with van der Waals surface area (Å²) in [4.78, 5) is 3.26. The zero-order valence-corrected chi connectivity index (χ0v) is 12.3. The van der Waals surface area contributed by atoms with Crippen molar-refractivity contribution in [2.75, 3.05) is 4.72 Å². The van der Waals surface area contributed by atoms with Crippen molar-refractivity contribution in [3.8, 4) is 5.82 Å². The van der Waals surface area contributed by atoms with Gasteiger partial charge >= 0.3 is 0 Å². The average Bonchev–Trinajstić information content (AvgIpc) is 3.04. The molecule has 3 aromatic rings. The Morgan fingerprint density at radius 3 is 2.61 bits per heavy atom. The van der Waals surface area contributed by atoms with Crippen molar-refractivity contribution in [2.24, 2.45) is 0 Å². The van der Waals surface area contributed by atoms with Gasteiger partial charge in [0.1, 0.15) is 4.90 Å². The van der Waals surface area contributed by atoms with Gasteiger partial charge in [-0.05, 0) is 30.3 Å². The highest BCUT2D eigenvalue weighted by atomic mass is 32.2. The number of hydrogen-bond donors (Lipinski definition) is 1. The molecular weight excluding hydrogens is 326 g/mol. The Morgan fingerprint density at radius 1 is 1.04 bits per heavy atom. The van der Waals surface area contributed by atoms with Gasteiger partial charge in [0.15, 0.2) is 17.5 Å². The Morgan fingerprint density at radius 2 is 1.87 bits per heavy atom. The van der Waals surface area contributed by atoms with Crippen LogP contribution in [0.3, 0.4) is 0 Å². The Labute approximate surface area is 130 Å². The van der Waals surface area contributed by atoms with Crippen molar-refractivity contribution >= 4 is 15.7 Å². The molecule has 9 heteroatoms. The van der Waals surface area contributed by atoms with Gasteiger partial charge in [-0.25, -0.2) is 26.9 Å². The fraction of sp³-hybridized carbons (Fsp3) is 0. The summed E-state index contributed by atoms with van der Waals surface area (Å²) < 4.78 is 55.2. The van der Waals surface area contributed by atoms with Crippen molar-refractivity contribution in [1.82, 2.24) is 14.8 Å². The number of rotatable bonds is 4. The Bertz CT molecular complexity index is 943. The van der Waals surface area contributed by atoms with E-state index in [1.165, 1.54) is 29.2 Å². The minimum atomic E-state index is -4.33. The number of pyridine rings is 1. The summed E-state index contributed by atoms with van der Waals surface area (Å²) in [6.07, 6.45) is 4.53. The molecule has 23 heavy (non-hydrogen) atoms.